The maximum absolute atomic E-state index is 13.4. The number of ketones is 1. The zero-order valence-electron chi connectivity index (χ0n) is 22.5. The molecule has 3 aromatic rings. The van der Waals surface area contributed by atoms with Crippen LogP contribution in [0.15, 0.2) is 72.3 Å². The Bertz CT molecular complexity index is 1450. The number of benzene rings is 3. The molecule has 1 aliphatic heterocycles. The van der Waals surface area contributed by atoms with Crippen LogP contribution in [0.4, 0.5) is 5.69 Å². The van der Waals surface area contributed by atoms with Gasteiger partial charge in [0.25, 0.3) is 11.7 Å². The van der Waals surface area contributed by atoms with E-state index in [4.69, 9.17) is 9.47 Å². The number of phenolic OH excluding ortho intramolecular Hbond substituents is 1. The summed E-state index contributed by atoms with van der Waals surface area (Å²) in [5.74, 6) is -2.00. The van der Waals surface area contributed by atoms with Crippen LogP contribution in [-0.2, 0) is 14.3 Å². The molecule has 202 valence electrons. The first-order valence-corrected chi connectivity index (χ1v) is 12.7. The zero-order valence-corrected chi connectivity index (χ0v) is 22.5. The molecule has 0 spiro atoms. The second-order valence-corrected chi connectivity index (χ2v) is 9.91. The number of carbonyl (C=O) groups is 3. The van der Waals surface area contributed by atoms with Gasteiger partial charge in [-0.1, -0.05) is 18.2 Å². The number of amides is 1. The number of carbonyl (C=O) groups excluding carboxylic acids is 3. The van der Waals surface area contributed by atoms with E-state index in [2.05, 4.69) is 0 Å². The largest absolute Gasteiger partial charge is 0.508 e. The Kier molecular flexibility index (Phi) is 7.76. The van der Waals surface area contributed by atoms with Crippen LogP contribution in [0.3, 0.4) is 0 Å². The normalized spacial score (nSPS) is 16.7. The lowest BCUT2D eigenvalue weighted by atomic mass is 9.94. The third-order valence-electron chi connectivity index (χ3n) is 6.17. The van der Waals surface area contributed by atoms with Gasteiger partial charge in [-0.3, -0.25) is 14.5 Å². The van der Waals surface area contributed by atoms with Crippen molar-refractivity contribution in [2.75, 3.05) is 4.90 Å². The number of aromatic hydroxyl groups is 1. The van der Waals surface area contributed by atoms with Crippen molar-refractivity contribution in [2.24, 2.45) is 0 Å². The molecule has 1 fully saturated rings. The van der Waals surface area contributed by atoms with E-state index >= 15 is 0 Å². The van der Waals surface area contributed by atoms with Crippen LogP contribution in [0.5, 0.6) is 11.5 Å². The van der Waals surface area contributed by atoms with Crippen molar-refractivity contribution < 1.29 is 34.1 Å². The van der Waals surface area contributed by atoms with Crippen LogP contribution in [0.2, 0.25) is 0 Å². The monoisotopic (exact) mass is 529 g/mol. The van der Waals surface area contributed by atoms with Crippen molar-refractivity contribution in [1.29, 1.82) is 0 Å². The summed E-state index contributed by atoms with van der Waals surface area (Å²) in [6.07, 6.45) is -0.385. The highest BCUT2D eigenvalue weighted by atomic mass is 16.5. The van der Waals surface area contributed by atoms with Gasteiger partial charge in [-0.2, -0.15) is 0 Å². The van der Waals surface area contributed by atoms with Crippen molar-refractivity contribution in [1.82, 2.24) is 0 Å². The summed E-state index contributed by atoms with van der Waals surface area (Å²) in [5.41, 5.74) is 1.96. The van der Waals surface area contributed by atoms with Crippen molar-refractivity contribution >= 4 is 29.1 Å². The molecule has 0 saturated carbocycles. The van der Waals surface area contributed by atoms with E-state index < -0.39 is 23.7 Å². The first kappa shape index (κ1) is 27.4. The highest BCUT2D eigenvalue weighted by molar-refractivity contribution is 6.51. The molecule has 1 atom stereocenters. The number of hydrogen-bond donors (Lipinski definition) is 2. The van der Waals surface area contributed by atoms with Gasteiger partial charge in [0, 0.05) is 11.3 Å². The first-order valence-electron chi connectivity index (χ1n) is 12.7. The number of Topliss-reactive ketones (excluding diaryl/α,β-unsaturated/α-hetero) is 1. The van der Waals surface area contributed by atoms with E-state index in [1.807, 2.05) is 20.8 Å². The van der Waals surface area contributed by atoms with E-state index in [1.165, 1.54) is 23.1 Å². The van der Waals surface area contributed by atoms with Gasteiger partial charge in [-0.05, 0) is 94.3 Å². The number of aryl methyl sites for hydroxylation is 1. The molecule has 4 rings (SSSR count). The van der Waals surface area contributed by atoms with E-state index in [9.17, 15) is 24.6 Å². The maximum Gasteiger partial charge on any atom is 0.338 e. The van der Waals surface area contributed by atoms with Gasteiger partial charge in [0.1, 0.15) is 17.3 Å². The number of nitrogens with zero attached hydrogens (tertiary/aromatic N) is 1. The van der Waals surface area contributed by atoms with Gasteiger partial charge in [-0.25, -0.2) is 4.79 Å². The summed E-state index contributed by atoms with van der Waals surface area (Å²) in [6.45, 7) is 9.10. The Labute approximate surface area is 227 Å². The third kappa shape index (κ3) is 5.65. The Morgan fingerprint density at radius 1 is 0.897 bits per heavy atom. The molecular weight excluding hydrogens is 498 g/mol. The summed E-state index contributed by atoms with van der Waals surface area (Å²) in [6, 6.07) is 16.3. The minimum atomic E-state index is -1.02. The molecule has 1 aliphatic rings. The summed E-state index contributed by atoms with van der Waals surface area (Å²) in [5, 5.41) is 21.3. The van der Waals surface area contributed by atoms with Crippen LogP contribution >= 0.6 is 0 Å². The number of ether oxygens (including phenoxy) is 2. The number of hydrogen-bond acceptors (Lipinski definition) is 7. The molecule has 0 aromatic heterocycles. The van der Waals surface area contributed by atoms with E-state index in [1.54, 1.807) is 62.4 Å². The molecule has 3 aromatic carbocycles. The van der Waals surface area contributed by atoms with Gasteiger partial charge in [0.15, 0.2) is 0 Å². The highest BCUT2D eigenvalue weighted by Gasteiger charge is 2.47. The SMILES string of the molecule is Cc1cc(/C(O)=C2\C(=O)C(=O)N(c3cccc(C(=O)OC(C)C)c3)C2c2ccc(O)cc2)ccc1OC(C)C. The maximum atomic E-state index is 13.4. The van der Waals surface area contributed by atoms with Crippen molar-refractivity contribution in [3.8, 4) is 11.5 Å². The average Bonchev–Trinajstić information content (AvgIpc) is 3.15. The van der Waals surface area contributed by atoms with Crippen LogP contribution in [0, 0.1) is 6.92 Å². The van der Waals surface area contributed by atoms with E-state index in [-0.39, 0.29) is 40.5 Å². The molecule has 2 N–H and O–H groups in total. The number of aliphatic hydroxyl groups excluding tert-OH is 1. The minimum absolute atomic E-state index is 0.00509. The average molecular weight is 530 g/mol. The first-order chi connectivity index (χ1) is 18.5. The molecule has 0 bridgehead atoms. The highest BCUT2D eigenvalue weighted by Crippen LogP contribution is 2.43. The smallest absolute Gasteiger partial charge is 0.338 e. The molecule has 39 heavy (non-hydrogen) atoms. The lowest BCUT2D eigenvalue weighted by molar-refractivity contribution is -0.132. The van der Waals surface area contributed by atoms with Gasteiger partial charge < -0.3 is 19.7 Å². The number of esters is 1. The molecule has 1 saturated heterocycles. The standard InChI is InChI=1S/C31H31NO7/c1-17(2)38-25-14-11-21(15-19(25)5)28(34)26-27(20-9-12-24(33)13-10-20)32(30(36)29(26)35)23-8-6-7-22(16-23)31(37)39-18(3)4/h6-18,27,33-34H,1-5H3/b28-26+. The second kappa shape index (κ2) is 11.0. The Morgan fingerprint density at radius 3 is 2.21 bits per heavy atom. The van der Waals surface area contributed by atoms with Crippen LogP contribution < -0.4 is 9.64 Å². The van der Waals surface area contributed by atoms with Gasteiger partial charge >= 0.3 is 5.97 Å². The Hall–Kier alpha value is -4.59. The second-order valence-electron chi connectivity index (χ2n) is 9.91. The molecular formula is C31H31NO7. The quantitative estimate of drug-likeness (QED) is 0.175. The fourth-order valence-electron chi connectivity index (χ4n) is 4.47. The molecule has 1 amide bonds. The molecule has 1 heterocycles. The van der Waals surface area contributed by atoms with Crippen molar-refractivity contribution in [3.63, 3.8) is 0 Å². The molecule has 8 nitrogen and oxygen atoms in total. The number of rotatable bonds is 7. The topological polar surface area (TPSA) is 113 Å². The Balaban J connectivity index is 1.87. The predicted molar refractivity (Wildman–Crippen MR) is 147 cm³/mol. The lowest BCUT2D eigenvalue weighted by Crippen LogP contribution is -2.29. The third-order valence-corrected chi connectivity index (χ3v) is 6.17. The summed E-state index contributed by atoms with van der Waals surface area (Å²) in [4.78, 5) is 40.7. The van der Waals surface area contributed by atoms with Crippen molar-refractivity contribution in [3.05, 3.63) is 94.6 Å². The zero-order chi connectivity index (χ0) is 28.4. The van der Waals surface area contributed by atoms with Gasteiger partial charge in [0.2, 0.25) is 0 Å². The van der Waals surface area contributed by atoms with Crippen LogP contribution in [-0.4, -0.2) is 40.1 Å². The molecule has 0 aliphatic carbocycles. The molecule has 1 unspecified atom stereocenters. The van der Waals surface area contributed by atoms with Gasteiger partial charge in [-0.15, -0.1) is 0 Å². The predicted octanol–water partition coefficient (Wildman–Crippen LogP) is 5.68. The molecule has 0 radical (unpaired) electrons. The van der Waals surface area contributed by atoms with Crippen LogP contribution in [0.25, 0.3) is 5.76 Å². The van der Waals surface area contributed by atoms with Crippen molar-refractivity contribution in [2.45, 2.75) is 52.9 Å². The minimum Gasteiger partial charge on any atom is -0.508 e. The number of anilines is 1. The summed E-state index contributed by atoms with van der Waals surface area (Å²) in [7, 11) is 0. The lowest BCUT2D eigenvalue weighted by Gasteiger charge is -2.26. The fourth-order valence-corrected chi connectivity index (χ4v) is 4.47. The van der Waals surface area contributed by atoms with E-state index in [0.717, 1.165) is 5.56 Å². The number of aliphatic hydroxyl groups is 1. The molecule has 8 heteroatoms. The Morgan fingerprint density at radius 2 is 1.59 bits per heavy atom. The fraction of sp³-hybridized carbons (Fsp3) is 0.258. The summed E-state index contributed by atoms with van der Waals surface area (Å²) >= 11 is 0. The number of phenols is 1. The van der Waals surface area contributed by atoms with Gasteiger partial charge in [0.05, 0.1) is 29.4 Å². The van der Waals surface area contributed by atoms with E-state index in [0.29, 0.717) is 16.9 Å². The van der Waals surface area contributed by atoms with Crippen LogP contribution in [0.1, 0.15) is 60.8 Å². The summed E-state index contributed by atoms with van der Waals surface area (Å²) < 4.78 is 11.1.